The lowest BCUT2D eigenvalue weighted by Crippen LogP contribution is -2.42. The largest absolute Gasteiger partial charge is 0.494 e. The van der Waals surface area contributed by atoms with Crippen molar-refractivity contribution in [3.8, 4) is 5.75 Å². The Balaban J connectivity index is 1.38. The van der Waals surface area contributed by atoms with Gasteiger partial charge in [0, 0.05) is 30.6 Å². The highest BCUT2D eigenvalue weighted by molar-refractivity contribution is 5.78. The summed E-state index contributed by atoms with van der Waals surface area (Å²) in [7, 11) is 0. The van der Waals surface area contributed by atoms with Crippen molar-refractivity contribution in [1.82, 2.24) is 14.9 Å². The standard InChI is InChI=1S/C21H25N3O2/c1-2-11-26-17-7-3-15(4-8-17)5-10-21(25)24-16-6-9-20(24)18-13-22-14-23-19(18)12-16/h3-4,7-8,13-14,16,20H,2,5-6,9-12H2,1H3. The summed E-state index contributed by atoms with van der Waals surface area (Å²) in [5.41, 5.74) is 3.45. The number of benzene rings is 1. The van der Waals surface area contributed by atoms with Gasteiger partial charge in [0.1, 0.15) is 12.1 Å². The molecule has 4 rings (SSSR count). The van der Waals surface area contributed by atoms with E-state index in [0.717, 1.165) is 55.7 Å². The van der Waals surface area contributed by atoms with Crippen LogP contribution in [0.15, 0.2) is 36.8 Å². The Kier molecular flexibility index (Phi) is 4.87. The van der Waals surface area contributed by atoms with Crippen molar-refractivity contribution in [3.63, 3.8) is 0 Å². The molecule has 0 saturated carbocycles. The summed E-state index contributed by atoms with van der Waals surface area (Å²) in [6.07, 6.45) is 8.78. The van der Waals surface area contributed by atoms with Crippen LogP contribution in [-0.4, -0.2) is 33.4 Å². The van der Waals surface area contributed by atoms with Crippen LogP contribution in [0.2, 0.25) is 0 Å². The highest BCUT2D eigenvalue weighted by Crippen LogP contribution is 2.43. The van der Waals surface area contributed by atoms with Crippen LogP contribution in [0.3, 0.4) is 0 Å². The van der Waals surface area contributed by atoms with Gasteiger partial charge in [0.25, 0.3) is 0 Å². The molecule has 2 bridgehead atoms. The van der Waals surface area contributed by atoms with Crippen LogP contribution in [0, 0.1) is 0 Å². The molecule has 1 aromatic carbocycles. The number of rotatable bonds is 6. The van der Waals surface area contributed by atoms with Gasteiger partial charge in [-0.1, -0.05) is 19.1 Å². The van der Waals surface area contributed by atoms with Gasteiger partial charge in [-0.05, 0) is 43.4 Å². The molecule has 5 nitrogen and oxygen atoms in total. The Morgan fingerprint density at radius 2 is 2.12 bits per heavy atom. The molecule has 2 aliphatic rings. The first-order chi connectivity index (χ1) is 12.8. The molecule has 1 amide bonds. The topological polar surface area (TPSA) is 55.3 Å². The number of aryl methyl sites for hydroxylation is 1. The summed E-state index contributed by atoms with van der Waals surface area (Å²) >= 11 is 0. The molecule has 3 heterocycles. The summed E-state index contributed by atoms with van der Waals surface area (Å²) in [4.78, 5) is 23.6. The molecule has 5 heteroatoms. The van der Waals surface area contributed by atoms with Crippen LogP contribution in [0.25, 0.3) is 0 Å². The second kappa shape index (κ2) is 7.44. The predicted octanol–water partition coefficient (Wildman–Crippen LogP) is 3.49. The van der Waals surface area contributed by atoms with Gasteiger partial charge in [-0.3, -0.25) is 4.79 Å². The Morgan fingerprint density at radius 3 is 2.92 bits per heavy atom. The van der Waals surface area contributed by atoms with E-state index in [2.05, 4.69) is 33.9 Å². The van der Waals surface area contributed by atoms with Gasteiger partial charge in [0.15, 0.2) is 0 Å². The number of fused-ring (bicyclic) bond motifs is 4. The van der Waals surface area contributed by atoms with Crippen molar-refractivity contribution in [2.45, 2.75) is 57.5 Å². The van der Waals surface area contributed by atoms with Crippen LogP contribution in [-0.2, 0) is 17.6 Å². The average Bonchev–Trinajstić information content (AvgIpc) is 3.00. The average molecular weight is 351 g/mol. The summed E-state index contributed by atoms with van der Waals surface area (Å²) in [6, 6.07) is 8.58. The van der Waals surface area contributed by atoms with E-state index in [-0.39, 0.29) is 11.9 Å². The molecule has 26 heavy (non-hydrogen) atoms. The molecule has 2 atom stereocenters. The molecule has 1 saturated heterocycles. The Morgan fingerprint density at radius 1 is 1.27 bits per heavy atom. The lowest BCUT2D eigenvalue weighted by molar-refractivity contribution is -0.134. The van der Waals surface area contributed by atoms with Crippen molar-refractivity contribution >= 4 is 5.91 Å². The van der Waals surface area contributed by atoms with E-state index in [1.54, 1.807) is 6.33 Å². The fourth-order valence-corrected chi connectivity index (χ4v) is 4.16. The Labute approximate surface area is 154 Å². The molecule has 0 aliphatic carbocycles. The van der Waals surface area contributed by atoms with Crippen LogP contribution >= 0.6 is 0 Å². The molecule has 1 aromatic heterocycles. The van der Waals surface area contributed by atoms with Crippen LogP contribution in [0.5, 0.6) is 5.75 Å². The van der Waals surface area contributed by atoms with Crippen LogP contribution in [0.4, 0.5) is 0 Å². The lowest BCUT2D eigenvalue weighted by atomic mass is 9.98. The molecule has 0 radical (unpaired) electrons. The minimum atomic E-state index is 0.169. The monoisotopic (exact) mass is 351 g/mol. The second-order valence-electron chi connectivity index (χ2n) is 7.17. The molecule has 2 aromatic rings. The first kappa shape index (κ1) is 17.0. The van der Waals surface area contributed by atoms with E-state index >= 15 is 0 Å². The van der Waals surface area contributed by atoms with Crippen molar-refractivity contribution in [2.24, 2.45) is 0 Å². The number of hydrogen-bond acceptors (Lipinski definition) is 4. The summed E-state index contributed by atoms with van der Waals surface area (Å²) in [5, 5.41) is 0. The minimum Gasteiger partial charge on any atom is -0.494 e. The molecular formula is C21H25N3O2. The number of hydrogen-bond donors (Lipinski definition) is 0. The minimum absolute atomic E-state index is 0.169. The van der Waals surface area contributed by atoms with Gasteiger partial charge >= 0.3 is 0 Å². The summed E-state index contributed by atoms with van der Waals surface area (Å²) in [6.45, 7) is 2.83. The van der Waals surface area contributed by atoms with E-state index in [1.807, 2.05) is 18.3 Å². The van der Waals surface area contributed by atoms with Crippen LogP contribution in [0.1, 0.15) is 55.5 Å². The third kappa shape index (κ3) is 3.30. The first-order valence-electron chi connectivity index (χ1n) is 9.58. The zero-order valence-electron chi connectivity index (χ0n) is 15.2. The first-order valence-corrected chi connectivity index (χ1v) is 9.58. The maximum atomic E-state index is 12.9. The maximum Gasteiger partial charge on any atom is 0.223 e. The molecule has 2 unspecified atom stereocenters. The molecule has 1 fully saturated rings. The van der Waals surface area contributed by atoms with Gasteiger partial charge in [0.2, 0.25) is 5.91 Å². The smallest absolute Gasteiger partial charge is 0.223 e. The Bertz CT molecular complexity index is 775. The van der Waals surface area contributed by atoms with Gasteiger partial charge in [-0.15, -0.1) is 0 Å². The molecule has 0 N–H and O–H groups in total. The van der Waals surface area contributed by atoms with E-state index in [4.69, 9.17) is 4.74 Å². The number of carbonyl (C=O) groups is 1. The maximum absolute atomic E-state index is 12.9. The van der Waals surface area contributed by atoms with E-state index < -0.39 is 0 Å². The van der Waals surface area contributed by atoms with Gasteiger partial charge < -0.3 is 9.64 Å². The normalized spacial score (nSPS) is 20.7. The Hall–Kier alpha value is -2.43. The number of ether oxygens (including phenoxy) is 1. The van der Waals surface area contributed by atoms with Gasteiger partial charge in [-0.25, -0.2) is 9.97 Å². The quantitative estimate of drug-likeness (QED) is 0.799. The van der Waals surface area contributed by atoms with Crippen molar-refractivity contribution in [1.29, 1.82) is 0 Å². The van der Waals surface area contributed by atoms with E-state index in [0.29, 0.717) is 12.5 Å². The number of aromatic nitrogens is 2. The predicted molar refractivity (Wildman–Crippen MR) is 98.9 cm³/mol. The summed E-state index contributed by atoms with van der Waals surface area (Å²) in [5.74, 6) is 1.14. The fourth-order valence-electron chi connectivity index (χ4n) is 4.16. The molecule has 136 valence electrons. The molecular weight excluding hydrogens is 326 g/mol. The number of carbonyl (C=O) groups excluding carboxylic acids is 1. The molecule has 0 spiro atoms. The lowest BCUT2D eigenvalue weighted by Gasteiger charge is -2.35. The zero-order chi connectivity index (χ0) is 17.9. The van der Waals surface area contributed by atoms with Gasteiger partial charge in [0.05, 0.1) is 18.3 Å². The van der Waals surface area contributed by atoms with Gasteiger partial charge in [-0.2, -0.15) is 0 Å². The zero-order valence-corrected chi connectivity index (χ0v) is 15.2. The van der Waals surface area contributed by atoms with Crippen molar-refractivity contribution in [3.05, 3.63) is 53.6 Å². The number of amides is 1. The van der Waals surface area contributed by atoms with E-state index in [1.165, 1.54) is 5.56 Å². The van der Waals surface area contributed by atoms with Crippen LogP contribution < -0.4 is 4.74 Å². The van der Waals surface area contributed by atoms with Crippen molar-refractivity contribution < 1.29 is 9.53 Å². The highest BCUT2D eigenvalue weighted by Gasteiger charge is 2.42. The third-order valence-corrected chi connectivity index (χ3v) is 5.43. The third-order valence-electron chi connectivity index (χ3n) is 5.43. The fraction of sp³-hybridized carbons (Fsp3) is 0.476. The molecule has 2 aliphatic heterocycles. The highest BCUT2D eigenvalue weighted by atomic mass is 16.5. The van der Waals surface area contributed by atoms with E-state index in [9.17, 15) is 4.79 Å². The number of nitrogens with zero attached hydrogens (tertiary/aromatic N) is 3. The second-order valence-corrected chi connectivity index (χ2v) is 7.17. The summed E-state index contributed by atoms with van der Waals surface area (Å²) < 4.78 is 5.61. The van der Waals surface area contributed by atoms with Crippen molar-refractivity contribution in [2.75, 3.05) is 6.61 Å². The SMILES string of the molecule is CCCOc1ccc(CCC(=O)N2C3CCC2c2cncnc2C3)cc1.